The third-order valence-electron chi connectivity index (χ3n) is 5.68. The van der Waals surface area contributed by atoms with Gasteiger partial charge < -0.3 is 15.0 Å². The topological polar surface area (TPSA) is 27.7 Å². The normalized spacial score (nSPS) is 38.8. The fourth-order valence-corrected chi connectivity index (χ4v) is 4.20. The summed E-state index contributed by atoms with van der Waals surface area (Å²) in [4.78, 5) is 5.11. The maximum Gasteiger partial charge on any atom is 0.0723 e. The van der Waals surface area contributed by atoms with Crippen LogP contribution in [0, 0.1) is 5.41 Å². The van der Waals surface area contributed by atoms with Crippen molar-refractivity contribution in [3.8, 4) is 0 Å². The van der Waals surface area contributed by atoms with Crippen LogP contribution in [-0.2, 0) is 4.74 Å². The number of hydrogen-bond donors (Lipinski definition) is 1. The summed E-state index contributed by atoms with van der Waals surface area (Å²) in [5, 5.41) is 3.41. The molecule has 0 aromatic heterocycles. The fourth-order valence-electron chi connectivity index (χ4n) is 4.20. The van der Waals surface area contributed by atoms with Crippen molar-refractivity contribution in [2.24, 2.45) is 5.41 Å². The van der Waals surface area contributed by atoms with E-state index in [9.17, 15) is 0 Å². The number of likely N-dealkylation sites (tertiary alicyclic amines) is 2. The van der Waals surface area contributed by atoms with Crippen LogP contribution in [0.5, 0.6) is 0 Å². The first-order valence-electron chi connectivity index (χ1n) is 7.46. The molecule has 0 aliphatic carbocycles. The summed E-state index contributed by atoms with van der Waals surface area (Å²) in [7, 11) is 2.22. The van der Waals surface area contributed by atoms with Crippen molar-refractivity contribution in [2.75, 3.05) is 52.9 Å². The summed E-state index contributed by atoms with van der Waals surface area (Å²) in [6, 6.07) is 0.708. The molecule has 0 bridgehead atoms. The van der Waals surface area contributed by atoms with Crippen LogP contribution in [0.2, 0.25) is 0 Å². The maximum atomic E-state index is 6.24. The highest BCUT2D eigenvalue weighted by Gasteiger charge is 2.52. The Morgan fingerprint density at radius 1 is 1.17 bits per heavy atom. The van der Waals surface area contributed by atoms with Gasteiger partial charge in [-0.2, -0.15) is 0 Å². The molecule has 0 aromatic rings. The van der Waals surface area contributed by atoms with Crippen molar-refractivity contribution in [3.05, 3.63) is 0 Å². The Balaban J connectivity index is 1.34. The lowest BCUT2D eigenvalue weighted by molar-refractivity contribution is -0.0670. The summed E-state index contributed by atoms with van der Waals surface area (Å²) < 4.78 is 6.24. The molecule has 4 aliphatic heterocycles. The molecule has 1 N–H and O–H groups in total. The summed E-state index contributed by atoms with van der Waals surface area (Å²) in [5.74, 6) is 0. The number of ether oxygens (including phenoxy) is 1. The van der Waals surface area contributed by atoms with Crippen LogP contribution in [0.3, 0.4) is 0 Å². The SMILES string of the molecule is CN1CCC2(CC1)CC(N1CC3(CNC3)C1)CO2. The quantitative estimate of drug-likeness (QED) is 0.718. The Kier molecular flexibility index (Phi) is 2.54. The van der Waals surface area contributed by atoms with Crippen LogP contribution in [0.1, 0.15) is 19.3 Å². The first-order chi connectivity index (χ1) is 8.69. The van der Waals surface area contributed by atoms with Gasteiger partial charge in [0.15, 0.2) is 0 Å². The molecule has 4 fully saturated rings. The molecule has 102 valence electrons. The third kappa shape index (κ3) is 1.73. The van der Waals surface area contributed by atoms with Crippen LogP contribution >= 0.6 is 0 Å². The van der Waals surface area contributed by atoms with E-state index in [-0.39, 0.29) is 5.60 Å². The Morgan fingerprint density at radius 3 is 2.50 bits per heavy atom. The molecule has 1 unspecified atom stereocenters. The summed E-state index contributed by atoms with van der Waals surface area (Å²) >= 11 is 0. The molecule has 4 aliphatic rings. The number of rotatable bonds is 1. The predicted octanol–water partition coefficient (Wildman–Crippen LogP) is 0.145. The Bertz CT molecular complexity index is 326. The van der Waals surface area contributed by atoms with E-state index in [1.165, 1.54) is 58.5 Å². The third-order valence-corrected chi connectivity index (χ3v) is 5.68. The molecule has 2 spiro atoms. The lowest BCUT2D eigenvalue weighted by Gasteiger charge is -2.58. The van der Waals surface area contributed by atoms with E-state index in [0.717, 1.165) is 6.61 Å². The lowest BCUT2D eigenvalue weighted by Crippen LogP contribution is -2.72. The molecular formula is C14H25N3O. The van der Waals surface area contributed by atoms with Crippen molar-refractivity contribution >= 4 is 0 Å². The average molecular weight is 251 g/mol. The molecular weight excluding hydrogens is 226 g/mol. The number of nitrogens with one attached hydrogen (secondary N) is 1. The summed E-state index contributed by atoms with van der Waals surface area (Å²) in [6.45, 7) is 8.50. The minimum Gasteiger partial charge on any atom is -0.373 e. The molecule has 0 radical (unpaired) electrons. The van der Waals surface area contributed by atoms with E-state index in [1.54, 1.807) is 0 Å². The summed E-state index contributed by atoms with van der Waals surface area (Å²) in [5.41, 5.74) is 0.889. The van der Waals surface area contributed by atoms with E-state index in [0.29, 0.717) is 11.5 Å². The Morgan fingerprint density at radius 2 is 1.89 bits per heavy atom. The van der Waals surface area contributed by atoms with Gasteiger partial charge in [-0.25, -0.2) is 0 Å². The number of nitrogens with zero attached hydrogens (tertiary/aromatic N) is 2. The second-order valence-corrected chi connectivity index (χ2v) is 7.16. The molecule has 4 heterocycles. The standard InChI is InChI=1S/C14H25N3O/c1-16-4-2-14(3-5-16)6-12(7-18-14)17-10-13(11-17)8-15-9-13/h12,15H,2-11H2,1H3. The average Bonchev–Trinajstić information content (AvgIpc) is 2.64. The molecule has 0 amide bonds. The highest BCUT2D eigenvalue weighted by molar-refractivity contribution is 5.08. The predicted molar refractivity (Wildman–Crippen MR) is 70.7 cm³/mol. The summed E-state index contributed by atoms with van der Waals surface area (Å²) in [6.07, 6.45) is 3.76. The first-order valence-corrected chi connectivity index (χ1v) is 7.46. The van der Waals surface area contributed by atoms with Gasteiger partial charge in [-0.05, 0) is 26.3 Å². The van der Waals surface area contributed by atoms with Gasteiger partial charge in [0.05, 0.1) is 12.2 Å². The highest BCUT2D eigenvalue weighted by Crippen LogP contribution is 2.42. The van der Waals surface area contributed by atoms with Gasteiger partial charge in [-0.3, -0.25) is 4.90 Å². The number of hydrogen-bond acceptors (Lipinski definition) is 4. The molecule has 4 saturated heterocycles. The van der Waals surface area contributed by atoms with Gasteiger partial charge >= 0.3 is 0 Å². The van der Waals surface area contributed by atoms with Crippen molar-refractivity contribution in [2.45, 2.75) is 30.9 Å². The Hall–Kier alpha value is -0.160. The van der Waals surface area contributed by atoms with Gasteiger partial charge in [0.2, 0.25) is 0 Å². The van der Waals surface area contributed by atoms with Crippen LogP contribution in [0.25, 0.3) is 0 Å². The second kappa shape index (κ2) is 3.92. The Labute approximate surface area is 110 Å². The van der Waals surface area contributed by atoms with Crippen molar-refractivity contribution < 1.29 is 4.74 Å². The van der Waals surface area contributed by atoms with Gasteiger partial charge in [-0.15, -0.1) is 0 Å². The van der Waals surface area contributed by atoms with E-state index in [4.69, 9.17) is 4.74 Å². The molecule has 4 heteroatoms. The molecule has 18 heavy (non-hydrogen) atoms. The molecule has 4 rings (SSSR count). The number of piperidine rings is 1. The van der Waals surface area contributed by atoms with E-state index >= 15 is 0 Å². The van der Waals surface area contributed by atoms with Crippen molar-refractivity contribution in [3.63, 3.8) is 0 Å². The first kappa shape index (κ1) is 11.6. The lowest BCUT2D eigenvalue weighted by atomic mass is 9.73. The largest absolute Gasteiger partial charge is 0.373 e. The van der Waals surface area contributed by atoms with Crippen LogP contribution in [-0.4, -0.2) is 74.4 Å². The van der Waals surface area contributed by atoms with Gasteiger partial charge in [0.1, 0.15) is 0 Å². The molecule has 4 nitrogen and oxygen atoms in total. The van der Waals surface area contributed by atoms with Crippen LogP contribution < -0.4 is 5.32 Å². The zero-order valence-electron chi connectivity index (χ0n) is 11.5. The second-order valence-electron chi connectivity index (χ2n) is 7.16. The van der Waals surface area contributed by atoms with Crippen molar-refractivity contribution in [1.82, 2.24) is 15.1 Å². The minimum atomic E-state index is 0.234. The van der Waals surface area contributed by atoms with E-state index in [1.807, 2.05) is 0 Å². The van der Waals surface area contributed by atoms with Crippen LogP contribution in [0.4, 0.5) is 0 Å². The fraction of sp³-hybridized carbons (Fsp3) is 1.00. The van der Waals surface area contributed by atoms with E-state index in [2.05, 4.69) is 22.2 Å². The molecule has 1 atom stereocenters. The van der Waals surface area contributed by atoms with Crippen molar-refractivity contribution in [1.29, 1.82) is 0 Å². The maximum absolute atomic E-state index is 6.24. The van der Waals surface area contributed by atoms with Gasteiger partial charge in [-0.1, -0.05) is 0 Å². The highest BCUT2D eigenvalue weighted by atomic mass is 16.5. The van der Waals surface area contributed by atoms with Gasteiger partial charge in [0.25, 0.3) is 0 Å². The zero-order chi connectivity index (χ0) is 12.2. The van der Waals surface area contributed by atoms with E-state index < -0.39 is 0 Å². The molecule has 0 saturated carbocycles. The van der Waals surface area contributed by atoms with Crippen LogP contribution in [0.15, 0.2) is 0 Å². The zero-order valence-corrected chi connectivity index (χ0v) is 11.5. The van der Waals surface area contributed by atoms with Gasteiger partial charge in [0, 0.05) is 50.7 Å². The monoisotopic (exact) mass is 251 g/mol. The smallest absolute Gasteiger partial charge is 0.0723 e. The molecule has 0 aromatic carbocycles. The minimum absolute atomic E-state index is 0.234.